The second-order valence-electron chi connectivity index (χ2n) is 7.35. The average molecular weight is 429 g/mol. The van der Waals surface area contributed by atoms with Gasteiger partial charge in [-0.1, -0.05) is 11.6 Å². The van der Waals surface area contributed by atoms with Crippen LogP contribution in [0.1, 0.15) is 42.5 Å². The molecule has 4 rings (SSSR count). The zero-order valence-electron chi connectivity index (χ0n) is 17.2. The fraction of sp³-hybridized carbons (Fsp3) is 0.381. The molecule has 1 aliphatic rings. The molecule has 0 aliphatic carbocycles. The number of rotatable bonds is 5. The Morgan fingerprint density at radius 1 is 1.17 bits per heavy atom. The van der Waals surface area contributed by atoms with Crippen LogP contribution >= 0.6 is 0 Å². The monoisotopic (exact) mass is 428 g/mol. The standard InChI is InChI=1S/C21H24N4O4S/c1-14-12-20(29-24-14)18-13-22-15(2)23-21(18)19-6-4-5-11-25(19)30(26,27)17-9-7-16(28-3)8-10-17/h7-10,12-13,19H,4-6,11H2,1-3H3/t19-/m0/s1. The first kappa shape index (κ1) is 20.5. The van der Waals surface area contributed by atoms with E-state index in [1.165, 1.54) is 0 Å². The minimum Gasteiger partial charge on any atom is -0.497 e. The quantitative estimate of drug-likeness (QED) is 0.611. The Labute approximate surface area is 175 Å². The van der Waals surface area contributed by atoms with Crippen LogP contribution < -0.4 is 4.74 Å². The normalized spacial score (nSPS) is 17.8. The molecule has 1 saturated heterocycles. The molecule has 0 unspecified atom stereocenters. The minimum atomic E-state index is -3.72. The van der Waals surface area contributed by atoms with Crippen molar-refractivity contribution in [2.45, 2.75) is 44.0 Å². The molecule has 9 heteroatoms. The first-order valence-electron chi connectivity index (χ1n) is 9.83. The lowest BCUT2D eigenvalue weighted by Crippen LogP contribution is -2.39. The topological polar surface area (TPSA) is 98.4 Å². The summed E-state index contributed by atoms with van der Waals surface area (Å²) in [5.41, 5.74) is 2.06. The van der Waals surface area contributed by atoms with Crippen molar-refractivity contribution in [3.8, 4) is 17.1 Å². The highest BCUT2D eigenvalue weighted by Crippen LogP contribution is 2.39. The number of hydrogen-bond acceptors (Lipinski definition) is 7. The SMILES string of the molecule is COc1ccc(S(=O)(=O)N2CCCC[C@H]2c2nc(C)ncc2-c2cc(C)no2)cc1. The molecule has 1 aliphatic heterocycles. The van der Waals surface area contributed by atoms with Crippen LogP contribution in [0.5, 0.6) is 5.75 Å². The summed E-state index contributed by atoms with van der Waals surface area (Å²) in [6, 6.07) is 7.86. The van der Waals surface area contributed by atoms with E-state index in [-0.39, 0.29) is 4.90 Å². The van der Waals surface area contributed by atoms with Crippen molar-refractivity contribution in [3.63, 3.8) is 0 Å². The van der Waals surface area contributed by atoms with E-state index < -0.39 is 16.1 Å². The Hall–Kier alpha value is -2.78. The van der Waals surface area contributed by atoms with Crippen LogP contribution in [-0.2, 0) is 10.0 Å². The summed E-state index contributed by atoms with van der Waals surface area (Å²) < 4.78 is 39.2. The summed E-state index contributed by atoms with van der Waals surface area (Å²) >= 11 is 0. The smallest absolute Gasteiger partial charge is 0.243 e. The number of benzene rings is 1. The van der Waals surface area contributed by atoms with Gasteiger partial charge in [-0.3, -0.25) is 0 Å². The van der Waals surface area contributed by atoms with E-state index in [4.69, 9.17) is 9.26 Å². The second-order valence-corrected chi connectivity index (χ2v) is 9.24. The van der Waals surface area contributed by atoms with Gasteiger partial charge < -0.3 is 9.26 Å². The molecular formula is C21H24N4O4S. The number of nitrogens with zero attached hydrogens (tertiary/aromatic N) is 4. The molecule has 0 bridgehead atoms. The molecule has 0 radical (unpaired) electrons. The maximum absolute atomic E-state index is 13.5. The number of aromatic nitrogens is 3. The molecule has 0 amide bonds. The van der Waals surface area contributed by atoms with Gasteiger partial charge in [0.05, 0.1) is 35.0 Å². The third kappa shape index (κ3) is 3.82. The second kappa shape index (κ2) is 8.16. The number of piperidine rings is 1. The molecule has 0 spiro atoms. The molecule has 1 fully saturated rings. The highest BCUT2D eigenvalue weighted by Gasteiger charge is 2.37. The van der Waals surface area contributed by atoms with Crippen molar-refractivity contribution in [2.75, 3.05) is 13.7 Å². The van der Waals surface area contributed by atoms with Gasteiger partial charge in [-0.15, -0.1) is 0 Å². The Kier molecular flexibility index (Phi) is 5.57. The van der Waals surface area contributed by atoms with Gasteiger partial charge in [0.25, 0.3) is 0 Å². The summed E-state index contributed by atoms with van der Waals surface area (Å²) in [6.07, 6.45) is 4.07. The Balaban J connectivity index is 1.78. The number of sulfonamides is 1. The van der Waals surface area contributed by atoms with Crippen molar-refractivity contribution >= 4 is 10.0 Å². The van der Waals surface area contributed by atoms with Gasteiger partial charge in [0, 0.05) is 18.8 Å². The van der Waals surface area contributed by atoms with Gasteiger partial charge in [-0.25, -0.2) is 18.4 Å². The molecule has 3 heterocycles. The van der Waals surface area contributed by atoms with Crippen molar-refractivity contribution in [3.05, 3.63) is 53.7 Å². The first-order chi connectivity index (χ1) is 14.4. The molecule has 0 saturated carbocycles. The van der Waals surface area contributed by atoms with Gasteiger partial charge in [0.15, 0.2) is 5.76 Å². The third-order valence-electron chi connectivity index (χ3n) is 5.27. The lowest BCUT2D eigenvalue weighted by atomic mass is 9.98. The van der Waals surface area contributed by atoms with Crippen LogP contribution in [0.2, 0.25) is 0 Å². The van der Waals surface area contributed by atoms with Gasteiger partial charge in [0.2, 0.25) is 10.0 Å². The molecule has 1 atom stereocenters. The van der Waals surface area contributed by atoms with Crippen LogP contribution in [0.15, 0.2) is 45.9 Å². The maximum atomic E-state index is 13.5. The highest BCUT2D eigenvalue weighted by molar-refractivity contribution is 7.89. The molecule has 30 heavy (non-hydrogen) atoms. The van der Waals surface area contributed by atoms with E-state index in [0.717, 1.165) is 18.5 Å². The number of ether oxygens (including phenoxy) is 1. The highest BCUT2D eigenvalue weighted by atomic mass is 32.2. The summed E-state index contributed by atoms with van der Waals surface area (Å²) in [5.74, 6) is 1.73. The summed E-state index contributed by atoms with van der Waals surface area (Å²) in [4.78, 5) is 9.18. The zero-order valence-corrected chi connectivity index (χ0v) is 18.0. The van der Waals surface area contributed by atoms with E-state index in [1.807, 2.05) is 13.0 Å². The largest absolute Gasteiger partial charge is 0.497 e. The molecular weight excluding hydrogens is 404 g/mol. The summed E-state index contributed by atoms with van der Waals surface area (Å²) in [6.45, 7) is 4.06. The Bertz CT molecular complexity index is 1140. The number of methoxy groups -OCH3 is 1. The van der Waals surface area contributed by atoms with Gasteiger partial charge in [0.1, 0.15) is 11.6 Å². The fourth-order valence-corrected chi connectivity index (χ4v) is 5.43. The molecule has 1 aromatic carbocycles. The maximum Gasteiger partial charge on any atom is 0.243 e. The van der Waals surface area contributed by atoms with Crippen LogP contribution in [-0.4, -0.2) is 41.5 Å². The third-order valence-corrected chi connectivity index (χ3v) is 7.19. The van der Waals surface area contributed by atoms with Gasteiger partial charge in [-0.05, 0) is 51.0 Å². The fourth-order valence-electron chi connectivity index (χ4n) is 3.77. The summed E-state index contributed by atoms with van der Waals surface area (Å²) in [5, 5.41) is 3.96. The minimum absolute atomic E-state index is 0.234. The van der Waals surface area contributed by atoms with Gasteiger partial charge in [-0.2, -0.15) is 4.31 Å². The lowest BCUT2D eigenvalue weighted by molar-refractivity contribution is 0.251. The van der Waals surface area contributed by atoms with Crippen molar-refractivity contribution in [1.29, 1.82) is 0 Å². The van der Waals surface area contributed by atoms with Crippen LogP contribution in [0.25, 0.3) is 11.3 Å². The van der Waals surface area contributed by atoms with E-state index in [2.05, 4.69) is 15.1 Å². The van der Waals surface area contributed by atoms with E-state index in [0.29, 0.717) is 41.6 Å². The van der Waals surface area contributed by atoms with E-state index in [9.17, 15) is 8.42 Å². The summed E-state index contributed by atoms with van der Waals surface area (Å²) in [7, 11) is -2.17. The van der Waals surface area contributed by atoms with Gasteiger partial charge >= 0.3 is 0 Å². The zero-order chi connectivity index (χ0) is 21.3. The van der Waals surface area contributed by atoms with Crippen molar-refractivity contribution in [1.82, 2.24) is 19.4 Å². The molecule has 2 aromatic heterocycles. The molecule has 8 nitrogen and oxygen atoms in total. The Morgan fingerprint density at radius 3 is 2.60 bits per heavy atom. The molecule has 3 aromatic rings. The van der Waals surface area contributed by atoms with Crippen LogP contribution in [0.4, 0.5) is 0 Å². The van der Waals surface area contributed by atoms with E-state index in [1.54, 1.807) is 48.8 Å². The van der Waals surface area contributed by atoms with E-state index >= 15 is 0 Å². The number of hydrogen-bond donors (Lipinski definition) is 0. The van der Waals surface area contributed by atoms with Crippen molar-refractivity contribution < 1.29 is 17.7 Å². The van der Waals surface area contributed by atoms with Crippen LogP contribution in [0, 0.1) is 13.8 Å². The Morgan fingerprint density at radius 2 is 1.93 bits per heavy atom. The number of aryl methyl sites for hydroxylation is 2. The van der Waals surface area contributed by atoms with Crippen LogP contribution in [0.3, 0.4) is 0 Å². The predicted molar refractivity (Wildman–Crippen MR) is 110 cm³/mol. The predicted octanol–water partition coefficient (Wildman–Crippen LogP) is 3.67. The average Bonchev–Trinajstić information content (AvgIpc) is 3.19. The van der Waals surface area contributed by atoms with Crippen molar-refractivity contribution in [2.24, 2.45) is 0 Å². The first-order valence-corrected chi connectivity index (χ1v) is 11.3. The molecule has 158 valence electrons. The lowest BCUT2D eigenvalue weighted by Gasteiger charge is -2.35. The molecule has 0 N–H and O–H groups in total.